The lowest BCUT2D eigenvalue weighted by molar-refractivity contribution is 0.411. The number of methoxy groups -OCH3 is 1. The number of benzene rings is 1. The third-order valence-corrected chi connectivity index (χ3v) is 4.27. The van der Waals surface area contributed by atoms with Gasteiger partial charge in [0.1, 0.15) is 5.75 Å². The quantitative estimate of drug-likeness (QED) is 0.817. The lowest BCUT2D eigenvalue weighted by atomic mass is 10.1. The van der Waals surface area contributed by atoms with Crippen LogP contribution < -0.4 is 10.5 Å². The van der Waals surface area contributed by atoms with Crippen LogP contribution in [0.4, 0.5) is 0 Å². The monoisotopic (exact) mass is 291 g/mol. The Bertz CT molecular complexity index is 596. The fourth-order valence-electron chi connectivity index (χ4n) is 2.04. The second-order valence-electron chi connectivity index (χ2n) is 4.78. The van der Waals surface area contributed by atoms with Crippen LogP contribution in [0.15, 0.2) is 23.4 Å². The summed E-state index contributed by atoms with van der Waals surface area (Å²) in [5, 5.41) is 12.8. The highest BCUT2D eigenvalue weighted by Gasteiger charge is 2.27. The molecule has 6 nitrogen and oxygen atoms in total. The van der Waals surface area contributed by atoms with Gasteiger partial charge in [0.05, 0.1) is 13.2 Å². The maximum absolute atomic E-state index is 5.69. The topological polar surface area (TPSA) is 78.8 Å². The van der Waals surface area contributed by atoms with Crippen molar-refractivity contribution in [3.8, 4) is 5.75 Å². The van der Waals surface area contributed by atoms with Crippen LogP contribution in [0.5, 0.6) is 5.75 Å². The average molecular weight is 291 g/mol. The summed E-state index contributed by atoms with van der Waals surface area (Å²) in [6.45, 7) is 0.529. The van der Waals surface area contributed by atoms with Crippen LogP contribution in [-0.2, 0) is 12.3 Å². The number of tetrazole rings is 1. The molecule has 20 heavy (non-hydrogen) atoms. The van der Waals surface area contributed by atoms with E-state index in [9.17, 15) is 0 Å². The fraction of sp³-hybridized carbons (Fsp3) is 0.462. The van der Waals surface area contributed by atoms with Gasteiger partial charge in [-0.25, -0.2) is 4.68 Å². The molecule has 0 saturated heterocycles. The number of rotatable bonds is 6. The molecule has 3 rings (SSSR count). The zero-order valence-electron chi connectivity index (χ0n) is 11.3. The molecule has 2 aromatic rings. The molecule has 0 aliphatic heterocycles. The first-order chi connectivity index (χ1) is 9.81. The number of hydrogen-bond donors (Lipinski definition) is 1. The molecule has 1 aromatic heterocycles. The first-order valence-corrected chi connectivity index (χ1v) is 7.57. The van der Waals surface area contributed by atoms with Crippen molar-refractivity contribution < 1.29 is 4.74 Å². The molecule has 1 saturated carbocycles. The van der Waals surface area contributed by atoms with Crippen LogP contribution in [0, 0.1) is 0 Å². The second-order valence-corrected chi connectivity index (χ2v) is 5.72. The van der Waals surface area contributed by atoms with Crippen LogP contribution in [0.2, 0.25) is 0 Å². The lowest BCUT2D eigenvalue weighted by Crippen LogP contribution is -2.01. The Morgan fingerprint density at radius 1 is 1.45 bits per heavy atom. The van der Waals surface area contributed by atoms with Crippen molar-refractivity contribution in [2.45, 2.75) is 36.3 Å². The average Bonchev–Trinajstić information content (AvgIpc) is 3.23. The summed E-state index contributed by atoms with van der Waals surface area (Å²) >= 11 is 1.63. The van der Waals surface area contributed by atoms with Crippen LogP contribution in [-0.4, -0.2) is 27.3 Å². The van der Waals surface area contributed by atoms with Crippen LogP contribution in [0.3, 0.4) is 0 Å². The molecular formula is C13H17N5OS. The van der Waals surface area contributed by atoms with E-state index < -0.39 is 0 Å². The number of nitrogens with zero attached hydrogens (tertiary/aromatic N) is 4. The molecule has 1 heterocycles. The minimum absolute atomic E-state index is 0.491. The molecule has 0 bridgehead atoms. The highest BCUT2D eigenvalue weighted by Crippen LogP contribution is 2.37. The van der Waals surface area contributed by atoms with E-state index in [4.69, 9.17) is 10.5 Å². The molecule has 1 fully saturated rings. The molecule has 1 aliphatic rings. The Morgan fingerprint density at radius 2 is 2.30 bits per heavy atom. The van der Waals surface area contributed by atoms with Gasteiger partial charge in [0.2, 0.25) is 5.16 Å². The molecule has 7 heteroatoms. The second kappa shape index (κ2) is 5.80. The Labute approximate surface area is 121 Å². The third kappa shape index (κ3) is 2.78. The van der Waals surface area contributed by atoms with Gasteiger partial charge >= 0.3 is 0 Å². The van der Waals surface area contributed by atoms with Gasteiger partial charge in [-0.3, -0.25) is 0 Å². The van der Waals surface area contributed by atoms with Gasteiger partial charge in [-0.1, -0.05) is 17.8 Å². The predicted octanol–water partition coefficient (Wildman–Crippen LogP) is 1.77. The summed E-state index contributed by atoms with van der Waals surface area (Å²) in [5.74, 6) is 1.64. The van der Waals surface area contributed by atoms with Crippen molar-refractivity contribution in [3.63, 3.8) is 0 Å². The molecular weight excluding hydrogens is 274 g/mol. The van der Waals surface area contributed by atoms with Gasteiger partial charge in [-0.2, -0.15) is 0 Å². The van der Waals surface area contributed by atoms with Crippen LogP contribution >= 0.6 is 11.8 Å². The molecule has 2 N–H and O–H groups in total. The van der Waals surface area contributed by atoms with Gasteiger partial charge < -0.3 is 10.5 Å². The summed E-state index contributed by atoms with van der Waals surface area (Å²) < 4.78 is 7.31. The predicted molar refractivity (Wildman–Crippen MR) is 76.5 cm³/mol. The van der Waals surface area contributed by atoms with Crippen molar-refractivity contribution in [3.05, 3.63) is 29.3 Å². The van der Waals surface area contributed by atoms with E-state index in [0.29, 0.717) is 12.6 Å². The van der Waals surface area contributed by atoms with Gasteiger partial charge in [0.25, 0.3) is 0 Å². The summed E-state index contributed by atoms with van der Waals surface area (Å²) in [7, 11) is 1.68. The van der Waals surface area contributed by atoms with E-state index in [2.05, 4.69) is 21.6 Å². The van der Waals surface area contributed by atoms with Crippen molar-refractivity contribution in [2.24, 2.45) is 5.73 Å². The smallest absolute Gasteiger partial charge is 0.209 e. The molecule has 1 aliphatic carbocycles. The maximum atomic E-state index is 5.69. The summed E-state index contributed by atoms with van der Waals surface area (Å²) in [4.78, 5) is 0. The zero-order valence-corrected chi connectivity index (χ0v) is 12.1. The van der Waals surface area contributed by atoms with Gasteiger partial charge in [-0.15, -0.1) is 5.10 Å². The fourth-order valence-corrected chi connectivity index (χ4v) is 2.97. The number of thioether (sulfide) groups is 1. The SMILES string of the molecule is COc1ccc(CN)cc1CSc1nnnn1C1CC1. The van der Waals surface area contributed by atoms with Crippen LogP contribution in [0.1, 0.15) is 30.0 Å². The molecule has 0 amide bonds. The first kappa shape index (κ1) is 13.4. The van der Waals surface area contributed by atoms with E-state index >= 15 is 0 Å². The maximum Gasteiger partial charge on any atom is 0.209 e. The summed E-state index contributed by atoms with van der Waals surface area (Å²) in [6.07, 6.45) is 2.34. The highest BCUT2D eigenvalue weighted by atomic mass is 32.2. The minimum atomic E-state index is 0.491. The molecule has 106 valence electrons. The summed E-state index contributed by atoms with van der Waals surface area (Å²) in [6, 6.07) is 6.52. The van der Waals surface area contributed by atoms with Crippen molar-refractivity contribution in [1.29, 1.82) is 0 Å². The largest absolute Gasteiger partial charge is 0.496 e. The van der Waals surface area contributed by atoms with Crippen LogP contribution in [0.25, 0.3) is 0 Å². The number of nitrogens with two attached hydrogens (primary N) is 1. The number of ether oxygens (including phenoxy) is 1. The van der Waals surface area contributed by atoms with E-state index in [0.717, 1.165) is 27.8 Å². The minimum Gasteiger partial charge on any atom is -0.496 e. The highest BCUT2D eigenvalue weighted by molar-refractivity contribution is 7.98. The van der Waals surface area contributed by atoms with Crippen molar-refractivity contribution in [1.82, 2.24) is 20.2 Å². The van der Waals surface area contributed by atoms with Gasteiger partial charge in [-0.05, 0) is 41.0 Å². The van der Waals surface area contributed by atoms with Gasteiger partial charge in [0.15, 0.2) is 0 Å². The van der Waals surface area contributed by atoms with E-state index in [1.165, 1.54) is 12.8 Å². The molecule has 0 radical (unpaired) electrons. The van der Waals surface area contributed by atoms with E-state index in [1.807, 2.05) is 16.8 Å². The normalized spacial score (nSPS) is 14.5. The number of aromatic nitrogens is 4. The third-order valence-electron chi connectivity index (χ3n) is 3.29. The van der Waals surface area contributed by atoms with E-state index in [1.54, 1.807) is 18.9 Å². The van der Waals surface area contributed by atoms with Gasteiger partial charge in [0, 0.05) is 17.9 Å². The standard InChI is InChI=1S/C13H17N5OS/c1-19-12-5-2-9(7-14)6-10(12)8-20-13-15-16-17-18(13)11-3-4-11/h2,5-6,11H,3-4,7-8,14H2,1H3. The Morgan fingerprint density at radius 3 is 3.00 bits per heavy atom. The molecule has 0 spiro atoms. The number of hydrogen-bond acceptors (Lipinski definition) is 6. The van der Waals surface area contributed by atoms with E-state index in [-0.39, 0.29) is 0 Å². The Kier molecular flexibility index (Phi) is 3.88. The van der Waals surface area contributed by atoms with Crippen molar-refractivity contribution >= 4 is 11.8 Å². The Balaban J connectivity index is 1.75. The van der Waals surface area contributed by atoms with Crippen molar-refractivity contribution in [2.75, 3.05) is 7.11 Å². The molecule has 0 atom stereocenters. The lowest BCUT2D eigenvalue weighted by Gasteiger charge is -2.09. The molecule has 0 unspecified atom stereocenters. The zero-order chi connectivity index (χ0) is 13.9. The first-order valence-electron chi connectivity index (χ1n) is 6.58. The molecule has 1 aromatic carbocycles. The summed E-state index contributed by atoms with van der Waals surface area (Å²) in [5.41, 5.74) is 7.91. The Hall–Kier alpha value is -1.60.